The van der Waals surface area contributed by atoms with Gasteiger partial charge >= 0.3 is 5.69 Å². The van der Waals surface area contributed by atoms with Crippen LogP contribution in [0.2, 0.25) is 0 Å². The number of carbonyl (C=O) groups excluding carboxylic acids is 1. The average molecular weight is 351 g/mol. The number of rotatable bonds is 7. The van der Waals surface area contributed by atoms with Gasteiger partial charge in [0.25, 0.3) is 0 Å². The van der Waals surface area contributed by atoms with Crippen LogP contribution in [0.4, 0.5) is 0 Å². The van der Waals surface area contributed by atoms with Crippen molar-refractivity contribution in [1.29, 1.82) is 0 Å². The van der Waals surface area contributed by atoms with E-state index in [-0.39, 0.29) is 11.6 Å². The molecule has 5 heteroatoms. The first kappa shape index (κ1) is 18.0. The smallest absolute Gasteiger partial charge is 0.329 e. The van der Waals surface area contributed by atoms with Crippen molar-refractivity contribution in [3.8, 4) is 0 Å². The molecule has 0 spiro atoms. The number of imidazole rings is 1. The highest BCUT2D eigenvalue weighted by Gasteiger charge is 2.15. The Balaban J connectivity index is 1.74. The monoisotopic (exact) mass is 351 g/mol. The second-order valence-electron chi connectivity index (χ2n) is 6.56. The summed E-state index contributed by atoms with van der Waals surface area (Å²) < 4.78 is 3.52. The van der Waals surface area contributed by atoms with Crippen LogP contribution in [0.15, 0.2) is 59.4 Å². The number of aryl methyl sites for hydroxylation is 2. The molecule has 0 saturated carbocycles. The van der Waals surface area contributed by atoms with Gasteiger partial charge in [0.2, 0.25) is 5.91 Å². The molecular formula is C21H25N3O2. The minimum Gasteiger partial charge on any atom is -0.341 e. The Morgan fingerprint density at radius 1 is 0.923 bits per heavy atom. The summed E-state index contributed by atoms with van der Waals surface area (Å²) in [6.07, 6.45) is 1.20. The van der Waals surface area contributed by atoms with E-state index in [1.165, 1.54) is 0 Å². The molecule has 26 heavy (non-hydrogen) atoms. The van der Waals surface area contributed by atoms with Gasteiger partial charge in [-0.2, -0.15) is 0 Å². The standard InChI is InChI=1S/C21H25N3O2/c1-3-14-23-18-11-7-8-12-19(18)24(21(23)26)15-13-20(25)22(2)16-17-9-5-4-6-10-17/h4-12H,3,13-16H2,1-2H3. The van der Waals surface area contributed by atoms with Crippen LogP contribution in [0.5, 0.6) is 0 Å². The zero-order valence-electron chi connectivity index (χ0n) is 15.4. The van der Waals surface area contributed by atoms with Crippen LogP contribution >= 0.6 is 0 Å². The van der Waals surface area contributed by atoms with Crippen LogP contribution in [0.1, 0.15) is 25.3 Å². The number of carbonyl (C=O) groups is 1. The van der Waals surface area contributed by atoms with Crippen molar-refractivity contribution in [3.05, 3.63) is 70.6 Å². The zero-order chi connectivity index (χ0) is 18.5. The van der Waals surface area contributed by atoms with E-state index < -0.39 is 0 Å². The Morgan fingerprint density at radius 2 is 1.50 bits per heavy atom. The van der Waals surface area contributed by atoms with Gasteiger partial charge < -0.3 is 4.90 Å². The SMILES string of the molecule is CCCn1c(=O)n(CCC(=O)N(C)Cc2ccccc2)c2ccccc21. The van der Waals surface area contributed by atoms with Crippen LogP contribution in [0.25, 0.3) is 11.0 Å². The quantitative estimate of drug-likeness (QED) is 0.656. The lowest BCUT2D eigenvalue weighted by molar-refractivity contribution is -0.130. The average Bonchev–Trinajstić information content (AvgIpc) is 2.92. The number of hydrogen-bond donors (Lipinski definition) is 0. The molecule has 3 rings (SSSR count). The van der Waals surface area contributed by atoms with E-state index in [1.54, 1.807) is 21.1 Å². The van der Waals surface area contributed by atoms with E-state index in [9.17, 15) is 9.59 Å². The molecule has 3 aromatic rings. The molecule has 0 unspecified atom stereocenters. The highest BCUT2D eigenvalue weighted by Crippen LogP contribution is 2.14. The molecule has 0 saturated heterocycles. The van der Waals surface area contributed by atoms with E-state index in [4.69, 9.17) is 0 Å². The predicted octanol–water partition coefficient (Wildman–Crippen LogP) is 3.26. The molecule has 1 amide bonds. The first-order chi connectivity index (χ1) is 12.6. The van der Waals surface area contributed by atoms with E-state index in [2.05, 4.69) is 6.92 Å². The van der Waals surface area contributed by atoms with Gasteiger partial charge in [0.15, 0.2) is 0 Å². The summed E-state index contributed by atoms with van der Waals surface area (Å²) in [6.45, 7) is 3.72. The van der Waals surface area contributed by atoms with Crippen molar-refractivity contribution in [1.82, 2.24) is 14.0 Å². The molecule has 0 aliphatic heterocycles. The van der Waals surface area contributed by atoms with Crippen molar-refractivity contribution in [2.24, 2.45) is 0 Å². The maximum absolute atomic E-state index is 12.8. The lowest BCUT2D eigenvalue weighted by Crippen LogP contribution is -2.30. The van der Waals surface area contributed by atoms with E-state index in [0.717, 1.165) is 23.0 Å². The Kier molecular flexibility index (Phi) is 5.56. The van der Waals surface area contributed by atoms with Gasteiger partial charge in [0.1, 0.15) is 0 Å². The highest BCUT2D eigenvalue weighted by atomic mass is 16.2. The Labute approximate surface area is 153 Å². The summed E-state index contributed by atoms with van der Waals surface area (Å²) in [5.41, 5.74) is 2.89. The molecule has 0 radical (unpaired) electrons. The summed E-state index contributed by atoms with van der Waals surface area (Å²) in [5.74, 6) is 0.0353. The molecule has 1 heterocycles. The molecule has 0 aliphatic rings. The number of aromatic nitrogens is 2. The number of amides is 1. The first-order valence-corrected chi connectivity index (χ1v) is 9.07. The third-order valence-corrected chi connectivity index (χ3v) is 4.61. The molecule has 0 bridgehead atoms. The van der Waals surface area contributed by atoms with Gasteiger partial charge in [0, 0.05) is 33.1 Å². The molecule has 2 aromatic carbocycles. The predicted molar refractivity (Wildman–Crippen MR) is 104 cm³/mol. The first-order valence-electron chi connectivity index (χ1n) is 9.07. The fourth-order valence-corrected chi connectivity index (χ4v) is 3.27. The minimum absolute atomic E-state index is 0.0353. The molecule has 0 atom stereocenters. The third-order valence-electron chi connectivity index (χ3n) is 4.61. The normalized spacial score (nSPS) is 11.0. The maximum Gasteiger partial charge on any atom is 0.329 e. The maximum atomic E-state index is 12.8. The zero-order valence-corrected chi connectivity index (χ0v) is 15.4. The van der Waals surface area contributed by atoms with Gasteiger partial charge in [0.05, 0.1) is 11.0 Å². The van der Waals surface area contributed by atoms with Crippen molar-refractivity contribution in [3.63, 3.8) is 0 Å². The minimum atomic E-state index is -0.0356. The van der Waals surface area contributed by atoms with E-state index in [0.29, 0.717) is 26.1 Å². The van der Waals surface area contributed by atoms with Gasteiger partial charge in [-0.3, -0.25) is 13.9 Å². The number of para-hydroxylation sites is 2. The fraction of sp³-hybridized carbons (Fsp3) is 0.333. The Bertz CT molecular complexity index is 941. The topological polar surface area (TPSA) is 47.2 Å². The second kappa shape index (κ2) is 8.04. The van der Waals surface area contributed by atoms with Crippen molar-refractivity contribution in [2.75, 3.05) is 7.05 Å². The van der Waals surface area contributed by atoms with E-state index >= 15 is 0 Å². The van der Waals surface area contributed by atoms with E-state index in [1.807, 2.05) is 54.6 Å². The number of fused-ring (bicyclic) bond motifs is 1. The molecule has 0 N–H and O–H groups in total. The van der Waals surface area contributed by atoms with Crippen molar-refractivity contribution in [2.45, 2.75) is 39.4 Å². The number of hydrogen-bond acceptors (Lipinski definition) is 2. The van der Waals surface area contributed by atoms with Crippen LogP contribution in [-0.4, -0.2) is 27.0 Å². The Morgan fingerprint density at radius 3 is 2.12 bits per heavy atom. The van der Waals surface area contributed by atoms with Gasteiger partial charge in [-0.15, -0.1) is 0 Å². The van der Waals surface area contributed by atoms with Crippen LogP contribution in [0, 0.1) is 0 Å². The van der Waals surface area contributed by atoms with Crippen molar-refractivity contribution >= 4 is 16.9 Å². The molecule has 5 nitrogen and oxygen atoms in total. The Hall–Kier alpha value is -2.82. The lowest BCUT2D eigenvalue weighted by atomic mass is 10.2. The second-order valence-corrected chi connectivity index (χ2v) is 6.56. The molecule has 0 aliphatic carbocycles. The van der Waals surface area contributed by atoms with Crippen molar-refractivity contribution < 1.29 is 4.79 Å². The van der Waals surface area contributed by atoms with Gasteiger partial charge in [-0.1, -0.05) is 49.4 Å². The summed E-state index contributed by atoms with van der Waals surface area (Å²) >= 11 is 0. The van der Waals surface area contributed by atoms with Crippen LogP contribution in [-0.2, 0) is 24.4 Å². The summed E-state index contributed by atoms with van der Waals surface area (Å²) in [7, 11) is 1.80. The molecular weight excluding hydrogens is 326 g/mol. The van der Waals surface area contributed by atoms with Gasteiger partial charge in [-0.05, 0) is 24.1 Å². The summed E-state index contributed by atoms with van der Waals surface area (Å²) in [5, 5.41) is 0. The largest absolute Gasteiger partial charge is 0.341 e. The van der Waals surface area contributed by atoms with Crippen LogP contribution in [0.3, 0.4) is 0 Å². The fourth-order valence-electron chi connectivity index (χ4n) is 3.27. The molecule has 1 aromatic heterocycles. The number of benzene rings is 2. The lowest BCUT2D eigenvalue weighted by Gasteiger charge is -2.17. The summed E-state index contributed by atoms with van der Waals surface area (Å²) in [6, 6.07) is 17.7. The number of nitrogens with zero attached hydrogens (tertiary/aromatic N) is 3. The van der Waals surface area contributed by atoms with Gasteiger partial charge in [-0.25, -0.2) is 4.79 Å². The summed E-state index contributed by atoms with van der Waals surface area (Å²) in [4.78, 5) is 27.0. The highest BCUT2D eigenvalue weighted by molar-refractivity contribution is 5.78. The third kappa shape index (κ3) is 3.72. The van der Waals surface area contributed by atoms with Crippen LogP contribution < -0.4 is 5.69 Å². The molecule has 136 valence electrons. The molecule has 0 fully saturated rings.